The maximum Gasteiger partial charge on any atom is 0.251 e. The van der Waals surface area contributed by atoms with Gasteiger partial charge in [-0.2, -0.15) is 11.8 Å². The monoisotopic (exact) mass is 306 g/mol. The number of carbonyl (C=O) groups excluding carboxylic acids is 1. The Morgan fingerprint density at radius 3 is 2.62 bits per heavy atom. The van der Waals surface area contributed by atoms with Crippen molar-refractivity contribution >= 4 is 17.7 Å². The molecule has 3 nitrogen and oxygen atoms in total. The molecule has 2 N–H and O–H groups in total. The van der Waals surface area contributed by atoms with E-state index in [0.717, 1.165) is 31.5 Å². The van der Waals surface area contributed by atoms with Crippen LogP contribution >= 0.6 is 11.8 Å². The average Bonchev–Trinajstić information content (AvgIpc) is 2.54. The van der Waals surface area contributed by atoms with Crippen molar-refractivity contribution < 1.29 is 4.79 Å². The first-order chi connectivity index (χ1) is 10.3. The minimum Gasteiger partial charge on any atom is -0.352 e. The minimum absolute atomic E-state index is 0.0345. The fourth-order valence-electron chi connectivity index (χ4n) is 2.42. The van der Waals surface area contributed by atoms with E-state index in [1.165, 1.54) is 29.9 Å². The summed E-state index contributed by atoms with van der Waals surface area (Å²) >= 11 is 2.05. The van der Waals surface area contributed by atoms with E-state index in [1.807, 2.05) is 23.9 Å². The van der Waals surface area contributed by atoms with Gasteiger partial charge in [-0.1, -0.05) is 25.5 Å². The van der Waals surface area contributed by atoms with Crippen molar-refractivity contribution in [1.82, 2.24) is 10.6 Å². The van der Waals surface area contributed by atoms with Crippen LogP contribution in [0.2, 0.25) is 0 Å². The number of thioether (sulfide) groups is 1. The summed E-state index contributed by atoms with van der Waals surface area (Å²) in [6.07, 6.45) is 4.67. The molecule has 1 aliphatic rings. The lowest BCUT2D eigenvalue weighted by molar-refractivity contribution is 0.0953. The normalized spacial score (nSPS) is 15.9. The Labute approximate surface area is 132 Å². The molecular weight excluding hydrogens is 280 g/mol. The molecule has 21 heavy (non-hydrogen) atoms. The number of hydrogen-bond acceptors (Lipinski definition) is 3. The van der Waals surface area contributed by atoms with Gasteiger partial charge in [0.15, 0.2) is 0 Å². The second kappa shape index (κ2) is 9.11. The van der Waals surface area contributed by atoms with Gasteiger partial charge in [-0.15, -0.1) is 0 Å². The van der Waals surface area contributed by atoms with Gasteiger partial charge in [-0.25, -0.2) is 0 Å². The number of nitrogens with one attached hydrogen (secondary N) is 2. The lowest BCUT2D eigenvalue weighted by Gasteiger charge is -2.22. The summed E-state index contributed by atoms with van der Waals surface area (Å²) in [6.45, 7) is 3.78. The van der Waals surface area contributed by atoms with Crippen LogP contribution in [0.25, 0.3) is 0 Å². The Bertz CT molecular complexity index is 427. The van der Waals surface area contributed by atoms with E-state index in [0.29, 0.717) is 6.04 Å². The highest BCUT2D eigenvalue weighted by Crippen LogP contribution is 2.17. The third-order valence-corrected chi connectivity index (χ3v) is 4.90. The number of unbranched alkanes of at least 4 members (excludes halogenated alkanes) is 1. The van der Waals surface area contributed by atoms with E-state index in [9.17, 15) is 4.79 Å². The molecule has 4 heteroatoms. The van der Waals surface area contributed by atoms with Crippen molar-refractivity contribution in [2.75, 3.05) is 18.1 Å². The zero-order chi connectivity index (χ0) is 14.9. The van der Waals surface area contributed by atoms with Crippen molar-refractivity contribution in [2.45, 2.75) is 45.2 Å². The summed E-state index contributed by atoms with van der Waals surface area (Å²) in [5.41, 5.74) is 2.00. The van der Waals surface area contributed by atoms with Gasteiger partial charge in [-0.3, -0.25) is 4.79 Å². The van der Waals surface area contributed by atoms with Crippen molar-refractivity contribution in [3.05, 3.63) is 35.4 Å². The molecule has 0 unspecified atom stereocenters. The number of amides is 1. The second-order valence-electron chi connectivity index (χ2n) is 5.57. The van der Waals surface area contributed by atoms with Gasteiger partial charge in [-0.05, 0) is 48.5 Å². The van der Waals surface area contributed by atoms with Gasteiger partial charge in [0.25, 0.3) is 5.91 Å². The van der Waals surface area contributed by atoms with E-state index >= 15 is 0 Å². The van der Waals surface area contributed by atoms with Crippen LogP contribution in [0.1, 0.15) is 48.5 Å². The van der Waals surface area contributed by atoms with E-state index in [-0.39, 0.29) is 5.91 Å². The first-order valence-corrected chi connectivity index (χ1v) is 9.13. The van der Waals surface area contributed by atoms with Gasteiger partial charge in [0.05, 0.1) is 0 Å². The zero-order valence-electron chi connectivity index (χ0n) is 12.9. The summed E-state index contributed by atoms with van der Waals surface area (Å²) in [5.74, 6) is 2.58. The van der Waals surface area contributed by atoms with Gasteiger partial charge < -0.3 is 10.6 Å². The molecular formula is C17H26N2OS. The number of carbonyl (C=O) groups is 1. The van der Waals surface area contributed by atoms with Crippen LogP contribution in [0.15, 0.2) is 24.3 Å². The molecule has 2 rings (SSSR count). The summed E-state index contributed by atoms with van der Waals surface area (Å²) in [6, 6.07) is 8.62. The smallest absolute Gasteiger partial charge is 0.251 e. The van der Waals surface area contributed by atoms with E-state index < -0.39 is 0 Å². The minimum atomic E-state index is 0.0345. The number of benzene rings is 1. The van der Waals surface area contributed by atoms with Crippen molar-refractivity contribution in [3.63, 3.8) is 0 Å². The molecule has 0 saturated carbocycles. The standard InChI is InChI=1S/C17H26N2OS/c1-2-3-10-18-17(20)15-6-4-14(5-7-15)13-19-16-8-11-21-12-9-16/h4-7,16,19H,2-3,8-13H2,1H3,(H,18,20). The molecule has 0 radical (unpaired) electrons. The Morgan fingerprint density at radius 2 is 1.95 bits per heavy atom. The highest BCUT2D eigenvalue weighted by molar-refractivity contribution is 7.99. The Kier molecular flexibility index (Phi) is 7.10. The Morgan fingerprint density at radius 1 is 1.24 bits per heavy atom. The molecule has 1 aliphatic heterocycles. The molecule has 0 aliphatic carbocycles. The number of hydrogen-bond donors (Lipinski definition) is 2. The first kappa shape index (κ1) is 16.4. The zero-order valence-corrected chi connectivity index (χ0v) is 13.7. The van der Waals surface area contributed by atoms with Crippen molar-refractivity contribution in [2.24, 2.45) is 0 Å². The lowest BCUT2D eigenvalue weighted by atomic mass is 10.1. The Balaban J connectivity index is 1.76. The van der Waals surface area contributed by atoms with Crippen LogP contribution in [-0.4, -0.2) is 30.0 Å². The molecule has 1 heterocycles. The molecule has 1 saturated heterocycles. The van der Waals surface area contributed by atoms with Crippen LogP contribution in [0.3, 0.4) is 0 Å². The molecule has 1 fully saturated rings. The van der Waals surface area contributed by atoms with Crippen LogP contribution in [0, 0.1) is 0 Å². The molecule has 0 bridgehead atoms. The second-order valence-corrected chi connectivity index (χ2v) is 6.80. The predicted octanol–water partition coefficient (Wildman–Crippen LogP) is 3.20. The molecule has 116 valence electrons. The van der Waals surface area contributed by atoms with Crippen LogP contribution in [0.5, 0.6) is 0 Å². The average molecular weight is 306 g/mol. The van der Waals surface area contributed by atoms with Gasteiger partial charge in [0.1, 0.15) is 0 Å². The maximum atomic E-state index is 11.9. The first-order valence-electron chi connectivity index (χ1n) is 7.98. The lowest BCUT2D eigenvalue weighted by Crippen LogP contribution is -2.32. The summed E-state index contributed by atoms with van der Waals surface area (Å²) in [5, 5.41) is 6.56. The van der Waals surface area contributed by atoms with Crippen LogP contribution in [0.4, 0.5) is 0 Å². The maximum absolute atomic E-state index is 11.9. The predicted molar refractivity (Wildman–Crippen MR) is 90.9 cm³/mol. The molecule has 1 amide bonds. The number of rotatable bonds is 7. The Hall–Kier alpha value is -1.00. The molecule has 1 aromatic carbocycles. The van der Waals surface area contributed by atoms with Crippen LogP contribution in [-0.2, 0) is 6.54 Å². The van der Waals surface area contributed by atoms with E-state index in [2.05, 4.69) is 29.7 Å². The third kappa shape index (κ3) is 5.71. The highest BCUT2D eigenvalue weighted by atomic mass is 32.2. The van der Waals surface area contributed by atoms with E-state index in [1.54, 1.807) is 0 Å². The van der Waals surface area contributed by atoms with E-state index in [4.69, 9.17) is 0 Å². The van der Waals surface area contributed by atoms with Crippen molar-refractivity contribution in [3.8, 4) is 0 Å². The molecule has 0 spiro atoms. The fraction of sp³-hybridized carbons (Fsp3) is 0.588. The van der Waals surface area contributed by atoms with Gasteiger partial charge in [0.2, 0.25) is 0 Å². The topological polar surface area (TPSA) is 41.1 Å². The van der Waals surface area contributed by atoms with Crippen LogP contribution < -0.4 is 10.6 Å². The molecule has 1 aromatic rings. The van der Waals surface area contributed by atoms with Gasteiger partial charge >= 0.3 is 0 Å². The highest BCUT2D eigenvalue weighted by Gasteiger charge is 2.12. The summed E-state index contributed by atoms with van der Waals surface area (Å²) in [7, 11) is 0. The largest absolute Gasteiger partial charge is 0.352 e. The van der Waals surface area contributed by atoms with Crippen molar-refractivity contribution in [1.29, 1.82) is 0 Å². The van der Waals surface area contributed by atoms with Gasteiger partial charge in [0, 0.05) is 24.7 Å². The molecule has 0 aromatic heterocycles. The summed E-state index contributed by atoms with van der Waals surface area (Å²) < 4.78 is 0. The quantitative estimate of drug-likeness (QED) is 0.760. The molecule has 0 atom stereocenters. The fourth-order valence-corrected chi connectivity index (χ4v) is 3.53. The SMILES string of the molecule is CCCCNC(=O)c1ccc(CNC2CCSCC2)cc1. The summed E-state index contributed by atoms with van der Waals surface area (Å²) in [4.78, 5) is 11.9. The third-order valence-electron chi connectivity index (χ3n) is 3.85.